The highest BCUT2D eigenvalue weighted by Gasteiger charge is 2.39. The Morgan fingerprint density at radius 1 is 1.30 bits per heavy atom. The lowest BCUT2D eigenvalue weighted by Gasteiger charge is -2.43. The maximum atomic E-state index is 12.3. The summed E-state index contributed by atoms with van der Waals surface area (Å²) in [6, 6.07) is 7.44. The summed E-state index contributed by atoms with van der Waals surface area (Å²) in [5, 5.41) is 19.6. The summed E-state index contributed by atoms with van der Waals surface area (Å²) < 4.78 is 1.22. The van der Waals surface area contributed by atoms with Crippen LogP contribution in [0.3, 0.4) is 0 Å². The fourth-order valence-corrected chi connectivity index (χ4v) is 2.84. The van der Waals surface area contributed by atoms with E-state index in [2.05, 4.69) is 15.6 Å². The van der Waals surface area contributed by atoms with Crippen molar-refractivity contribution in [2.75, 3.05) is 0 Å². The van der Waals surface area contributed by atoms with Gasteiger partial charge in [0.25, 0.3) is 0 Å². The maximum Gasteiger partial charge on any atom is 0.358 e. The highest BCUT2D eigenvalue weighted by molar-refractivity contribution is 6.30. The van der Waals surface area contributed by atoms with Crippen molar-refractivity contribution in [2.24, 2.45) is 0 Å². The summed E-state index contributed by atoms with van der Waals surface area (Å²) in [5.41, 5.74) is 0.456. The molecule has 1 aliphatic rings. The van der Waals surface area contributed by atoms with Crippen LogP contribution in [0.2, 0.25) is 5.02 Å². The molecule has 1 heterocycles. The predicted octanol–water partition coefficient (Wildman–Crippen LogP) is 1.83. The number of nitrogens with zero attached hydrogens (tertiary/aromatic N) is 3. The van der Waals surface area contributed by atoms with Crippen molar-refractivity contribution in [3.8, 4) is 0 Å². The van der Waals surface area contributed by atoms with Crippen molar-refractivity contribution in [3.63, 3.8) is 0 Å². The number of halogens is 1. The molecule has 1 saturated carbocycles. The molecule has 0 bridgehead atoms. The van der Waals surface area contributed by atoms with Gasteiger partial charge in [-0.15, -0.1) is 5.10 Å². The smallest absolute Gasteiger partial charge is 0.358 e. The third kappa shape index (κ3) is 3.19. The molecule has 0 unspecified atom stereocenters. The molecule has 120 valence electrons. The first-order valence-corrected chi connectivity index (χ1v) is 7.57. The van der Waals surface area contributed by atoms with Crippen molar-refractivity contribution in [1.82, 2.24) is 20.3 Å². The van der Waals surface area contributed by atoms with Crippen LogP contribution in [-0.4, -0.2) is 32.0 Å². The molecule has 23 heavy (non-hydrogen) atoms. The Kier molecular flexibility index (Phi) is 4.04. The molecule has 1 fully saturated rings. The van der Waals surface area contributed by atoms with Gasteiger partial charge in [-0.05, 0) is 37.0 Å². The average molecular weight is 335 g/mol. The molecule has 1 aromatic carbocycles. The molecule has 2 N–H and O–H groups in total. The van der Waals surface area contributed by atoms with Gasteiger partial charge in [0.05, 0.1) is 11.7 Å². The van der Waals surface area contributed by atoms with Gasteiger partial charge in [-0.25, -0.2) is 9.48 Å². The number of carboxylic acid groups (broad SMARTS) is 1. The molecule has 0 spiro atoms. The van der Waals surface area contributed by atoms with Crippen molar-refractivity contribution in [2.45, 2.75) is 31.3 Å². The van der Waals surface area contributed by atoms with Gasteiger partial charge in [0.1, 0.15) is 6.54 Å². The fourth-order valence-electron chi connectivity index (χ4n) is 2.71. The summed E-state index contributed by atoms with van der Waals surface area (Å²) in [5.74, 6) is -1.41. The van der Waals surface area contributed by atoms with E-state index in [1.165, 1.54) is 10.9 Å². The zero-order valence-electron chi connectivity index (χ0n) is 12.2. The molecule has 0 atom stereocenters. The van der Waals surface area contributed by atoms with Gasteiger partial charge < -0.3 is 10.4 Å². The second-order valence-corrected chi connectivity index (χ2v) is 6.03. The van der Waals surface area contributed by atoms with Crippen LogP contribution in [-0.2, 0) is 16.9 Å². The van der Waals surface area contributed by atoms with E-state index < -0.39 is 5.97 Å². The van der Waals surface area contributed by atoms with Gasteiger partial charge in [-0.1, -0.05) is 28.9 Å². The minimum atomic E-state index is -1.17. The van der Waals surface area contributed by atoms with Crippen molar-refractivity contribution in [3.05, 3.63) is 46.7 Å². The monoisotopic (exact) mass is 334 g/mol. The number of carboxylic acids is 1. The lowest BCUT2D eigenvalue weighted by Crippen LogP contribution is -2.51. The number of aromatic carboxylic acids is 1. The maximum absolute atomic E-state index is 12.3. The first kappa shape index (κ1) is 15.5. The van der Waals surface area contributed by atoms with Crippen molar-refractivity contribution < 1.29 is 14.7 Å². The summed E-state index contributed by atoms with van der Waals surface area (Å²) in [7, 11) is 0. The molecule has 0 radical (unpaired) electrons. The number of carbonyl (C=O) groups is 2. The van der Waals surface area contributed by atoms with E-state index in [1.807, 2.05) is 12.1 Å². The lowest BCUT2D eigenvalue weighted by atomic mass is 9.72. The summed E-state index contributed by atoms with van der Waals surface area (Å²) in [6.07, 6.45) is 3.99. The average Bonchev–Trinajstić information content (AvgIpc) is 2.92. The van der Waals surface area contributed by atoms with Crippen LogP contribution in [0.5, 0.6) is 0 Å². The van der Waals surface area contributed by atoms with Crippen LogP contribution < -0.4 is 5.32 Å². The zero-order chi connectivity index (χ0) is 16.4. The first-order valence-electron chi connectivity index (χ1n) is 7.19. The molecular weight excluding hydrogens is 320 g/mol. The van der Waals surface area contributed by atoms with E-state index in [1.54, 1.807) is 12.1 Å². The van der Waals surface area contributed by atoms with Gasteiger partial charge in [-0.2, -0.15) is 0 Å². The highest BCUT2D eigenvalue weighted by atomic mass is 35.5. The topological polar surface area (TPSA) is 97.1 Å². The summed E-state index contributed by atoms with van der Waals surface area (Å²) in [6.45, 7) is -0.0738. The van der Waals surface area contributed by atoms with Gasteiger partial charge >= 0.3 is 5.97 Å². The van der Waals surface area contributed by atoms with Gasteiger partial charge in [0.15, 0.2) is 5.69 Å². The number of hydrogen-bond donors (Lipinski definition) is 2. The Hall–Kier alpha value is -2.41. The third-order valence-electron chi connectivity index (χ3n) is 4.05. The number of aromatic nitrogens is 3. The van der Waals surface area contributed by atoms with Crippen LogP contribution >= 0.6 is 11.6 Å². The van der Waals surface area contributed by atoms with Crippen molar-refractivity contribution >= 4 is 23.5 Å². The molecular formula is C15H15ClN4O3. The summed E-state index contributed by atoms with van der Waals surface area (Å²) >= 11 is 5.91. The molecule has 1 amide bonds. The molecule has 1 aromatic heterocycles. The number of hydrogen-bond acceptors (Lipinski definition) is 4. The van der Waals surface area contributed by atoms with Gasteiger partial charge in [0.2, 0.25) is 5.91 Å². The molecule has 0 aliphatic heterocycles. The van der Waals surface area contributed by atoms with E-state index in [0.29, 0.717) is 5.02 Å². The zero-order valence-corrected chi connectivity index (χ0v) is 13.0. The number of rotatable bonds is 5. The first-order chi connectivity index (χ1) is 11.0. The largest absolute Gasteiger partial charge is 0.476 e. The predicted molar refractivity (Wildman–Crippen MR) is 82.1 cm³/mol. The van der Waals surface area contributed by atoms with E-state index in [4.69, 9.17) is 16.7 Å². The number of amides is 1. The molecule has 7 nitrogen and oxygen atoms in total. The minimum Gasteiger partial charge on any atom is -0.476 e. The van der Waals surface area contributed by atoms with Crippen LogP contribution in [0.1, 0.15) is 35.3 Å². The Labute approximate surface area is 137 Å². The van der Waals surface area contributed by atoms with E-state index in [-0.39, 0.29) is 23.7 Å². The third-order valence-corrected chi connectivity index (χ3v) is 4.30. The second-order valence-electron chi connectivity index (χ2n) is 5.60. The van der Waals surface area contributed by atoms with Crippen LogP contribution in [0, 0.1) is 0 Å². The molecule has 2 aromatic rings. The summed E-state index contributed by atoms with van der Waals surface area (Å²) in [4.78, 5) is 23.0. The Balaban J connectivity index is 1.70. The van der Waals surface area contributed by atoms with Crippen LogP contribution in [0.25, 0.3) is 0 Å². The fraction of sp³-hybridized carbons (Fsp3) is 0.333. The van der Waals surface area contributed by atoms with Crippen LogP contribution in [0.4, 0.5) is 0 Å². The Bertz CT molecular complexity index is 737. The normalized spacial score (nSPS) is 15.7. The number of carbonyl (C=O) groups excluding carboxylic acids is 1. The van der Waals surface area contributed by atoms with Crippen LogP contribution in [0.15, 0.2) is 30.5 Å². The number of nitrogens with one attached hydrogen (secondary N) is 1. The SMILES string of the molecule is O=C(Cn1cc(C(=O)O)nn1)NC1(c2ccc(Cl)cc2)CCC1. The van der Waals surface area contributed by atoms with E-state index in [9.17, 15) is 9.59 Å². The standard InChI is InChI=1S/C15H15ClN4O3/c16-11-4-2-10(3-5-11)15(6-1-7-15)17-13(21)9-20-8-12(14(22)23)18-19-20/h2-5,8H,1,6-7,9H2,(H,17,21)(H,22,23). The minimum absolute atomic E-state index is 0.0738. The highest BCUT2D eigenvalue weighted by Crippen LogP contribution is 2.41. The molecule has 1 aliphatic carbocycles. The van der Waals surface area contributed by atoms with Gasteiger partial charge in [0, 0.05) is 5.02 Å². The molecule has 3 rings (SSSR count). The quantitative estimate of drug-likeness (QED) is 0.869. The molecule has 8 heteroatoms. The van der Waals surface area contributed by atoms with E-state index >= 15 is 0 Å². The van der Waals surface area contributed by atoms with E-state index in [0.717, 1.165) is 24.8 Å². The lowest BCUT2D eigenvalue weighted by molar-refractivity contribution is -0.125. The van der Waals surface area contributed by atoms with Crippen molar-refractivity contribution in [1.29, 1.82) is 0 Å². The second kappa shape index (κ2) is 6.00. The van der Waals surface area contributed by atoms with Gasteiger partial charge in [-0.3, -0.25) is 4.79 Å². The molecule has 0 saturated heterocycles. The number of benzene rings is 1. The Morgan fingerprint density at radius 2 is 2.00 bits per heavy atom. The Morgan fingerprint density at radius 3 is 2.52 bits per heavy atom.